The first kappa shape index (κ1) is 28.1. The Bertz CT molecular complexity index is 1440. The fourth-order valence-corrected chi connectivity index (χ4v) is 4.89. The molecule has 2 saturated heterocycles. The summed E-state index contributed by atoms with van der Waals surface area (Å²) in [4.78, 5) is 14.3. The largest absolute Gasteiger partial charge is 0.488 e. The Morgan fingerprint density at radius 3 is 2.75 bits per heavy atom. The molecule has 3 aromatic rings. The van der Waals surface area contributed by atoms with Gasteiger partial charge in [-0.3, -0.25) is 9.89 Å². The summed E-state index contributed by atoms with van der Waals surface area (Å²) in [7, 11) is 0. The van der Waals surface area contributed by atoms with Crippen LogP contribution in [0.15, 0.2) is 46.7 Å². The number of likely N-dealkylation sites (tertiary alicyclic amines) is 1. The summed E-state index contributed by atoms with van der Waals surface area (Å²) in [6, 6.07) is 1.90. The second-order valence-corrected chi connectivity index (χ2v) is 10.6. The summed E-state index contributed by atoms with van der Waals surface area (Å²) in [5.41, 5.74) is 7.67. The van der Waals surface area contributed by atoms with E-state index in [0.29, 0.717) is 54.0 Å². The summed E-state index contributed by atoms with van der Waals surface area (Å²) in [5, 5.41) is 19.1. The Morgan fingerprint density at radius 2 is 2.10 bits per heavy atom. The minimum atomic E-state index is -1.66. The number of aliphatic imine (C=N–C) groups is 1. The molecule has 1 unspecified atom stereocenters. The minimum Gasteiger partial charge on any atom is -0.488 e. The van der Waals surface area contributed by atoms with Crippen molar-refractivity contribution in [3.63, 3.8) is 0 Å². The number of aromatic nitrogens is 4. The Hall–Kier alpha value is -3.39. The molecule has 2 aliphatic heterocycles. The Kier molecular flexibility index (Phi) is 8.17. The number of rotatable bonds is 9. The molecule has 5 heterocycles. The van der Waals surface area contributed by atoms with Crippen LogP contribution in [0, 0.1) is 17.3 Å². The highest BCUT2D eigenvalue weighted by Crippen LogP contribution is 2.33. The molecule has 0 aliphatic carbocycles. The molecule has 40 heavy (non-hydrogen) atoms. The van der Waals surface area contributed by atoms with E-state index in [-0.39, 0.29) is 29.8 Å². The maximum Gasteiger partial charge on any atom is 0.163 e. The van der Waals surface area contributed by atoms with Crippen LogP contribution in [0.3, 0.4) is 0 Å². The first-order valence-corrected chi connectivity index (χ1v) is 13.1. The fraction of sp³-hybridized carbons (Fsp3) is 0.462. The lowest BCUT2D eigenvalue weighted by atomic mass is 9.94. The van der Waals surface area contributed by atoms with E-state index in [4.69, 9.17) is 26.6 Å². The van der Waals surface area contributed by atoms with Gasteiger partial charge in [0.1, 0.15) is 29.7 Å². The number of aliphatic hydroxyl groups is 1. The number of hydrogen-bond acceptors (Lipinski definition) is 10. The molecule has 11 nitrogen and oxygen atoms in total. The van der Waals surface area contributed by atoms with Crippen molar-refractivity contribution in [3.05, 3.63) is 58.8 Å². The van der Waals surface area contributed by atoms with Crippen molar-refractivity contribution < 1.29 is 23.4 Å². The lowest BCUT2D eigenvalue weighted by Crippen LogP contribution is -2.54. The molecule has 3 atom stereocenters. The number of allylic oxidation sites excluding steroid dienone is 1. The zero-order chi connectivity index (χ0) is 28.4. The maximum absolute atomic E-state index is 14.9. The Morgan fingerprint density at radius 1 is 1.35 bits per heavy atom. The minimum absolute atomic E-state index is 0.0226. The van der Waals surface area contributed by atoms with E-state index in [1.165, 1.54) is 17.6 Å². The van der Waals surface area contributed by atoms with Gasteiger partial charge in [-0.05, 0) is 32.9 Å². The smallest absolute Gasteiger partial charge is 0.163 e. The zero-order valence-electron chi connectivity index (χ0n) is 22.0. The summed E-state index contributed by atoms with van der Waals surface area (Å²) in [6.45, 7) is 5.24. The van der Waals surface area contributed by atoms with Crippen LogP contribution >= 0.6 is 11.6 Å². The molecule has 0 bridgehead atoms. The van der Waals surface area contributed by atoms with E-state index in [1.807, 2.05) is 0 Å². The van der Waals surface area contributed by atoms with Gasteiger partial charge in [-0.25, -0.2) is 28.8 Å². The van der Waals surface area contributed by atoms with Crippen LogP contribution in [0.5, 0.6) is 5.75 Å². The second-order valence-electron chi connectivity index (χ2n) is 10.1. The van der Waals surface area contributed by atoms with E-state index in [1.54, 1.807) is 25.4 Å². The van der Waals surface area contributed by atoms with Crippen molar-refractivity contribution >= 4 is 29.0 Å². The van der Waals surface area contributed by atoms with Gasteiger partial charge in [0.25, 0.3) is 0 Å². The molecule has 14 heteroatoms. The summed E-state index contributed by atoms with van der Waals surface area (Å²) in [5.74, 6) is -0.753. The van der Waals surface area contributed by atoms with E-state index in [9.17, 15) is 13.9 Å². The van der Waals surface area contributed by atoms with Crippen molar-refractivity contribution in [2.24, 2.45) is 16.0 Å². The average molecular weight is 575 g/mol. The van der Waals surface area contributed by atoms with Gasteiger partial charge in [0.2, 0.25) is 0 Å². The van der Waals surface area contributed by atoms with Crippen molar-refractivity contribution in [2.75, 3.05) is 32.9 Å². The van der Waals surface area contributed by atoms with Gasteiger partial charge in [0.15, 0.2) is 17.2 Å². The zero-order valence-corrected chi connectivity index (χ0v) is 22.7. The molecule has 3 aromatic heterocycles. The van der Waals surface area contributed by atoms with Crippen molar-refractivity contribution in [1.82, 2.24) is 24.5 Å². The number of piperidine rings is 1. The van der Waals surface area contributed by atoms with Gasteiger partial charge in [0, 0.05) is 30.4 Å². The van der Waals surface area contributed by atoms with Gasteiger partial charge >= 0.3 is 0 Å². The summed E-state index contributed by atoms with van der Waals surface area (Å²) in [6.07, 6.45) is 6.15. The predicted octanol–water partition coefficient (Wildman–Crippen LogP) is 4.05. The van der Waals surface area contributed by atoms with Crippen molar-refractivity contribution in [2.45, 2.75) is 38.1 Å². The number of pyridine rings is 1. The third kappa shape index (κ3) is 5.87. The number of nitrogens with one attached hydrogen (secondary N) is 1. The molecular weight excluding hydrogens is 546 g/mol. The molecule has 212 valence electrons. The standard InChI is InChI=1S/C26H29ClF2N8O3/c1-15(31-6-16-3-4-36(11-21(16)29)19-12-39-13-19)23(35-30)17-5-22(24-20(27)9-34-37(24)10-17)40-14-26(2,38)25-32-7-18(28)8-33-25/h5-10,16,19,21,30,38H,3-4,11-14H2,1-2H3/b23-15-,31-6-,35-30?/t16?,21-,26+/m0/s1. The van der Waals surface area contributed by atoms with Crippen LogP contribution in [-0.2, 0) is 10.3 Å². The normalized spacial score (nSPS) is 22.6. The Labute approximate surface area is 234 Å². The monoisotopic (exact) mass is 574 g/mol. The molecule has 5 rings (SSSR count). The molecule has 0 amide bonds. The van der Waals surface area contributed by atoms with Crippen LogP contribution in [0.25, 0.3) is 11.2 Å². The highest BCUT2D eigenvalue weighted by Gasteiger charge is 2.34. The van der Waals surface area contributed by atoms with Gasteiger partial charge < -0.3 is 14.6 Å². The van der Waals surface area contributed by atoms with Gasteiger partial charge in [0.05, 0.1) is 48.6 Å². The van der Waals surface area contributed by atoms with E-state index in [2.05, 4.69) is 30.1 Å². The van der Waals surface area contributed by atoms with E-state index < -0.39 is 17.6 Å². The van der Waals surface area contributed by atoms with Gasteiger partial charge in [-0.1, -0.05) is 11.6 Å². The lowest BCUT2D eigenvalue weighted by molar-refractivity contribution is -0.0812. The molecule has 0 saturated carbocycles. The quantitative estimate of drug-likeness (QED) is 0.291. The number of ether oxygens (including phenoxy) is 2. The lowest BCUT2D eigenvalue weighted by Gasteiger charge is -2.42. The predicted molar refractivity (Wildman–Crippen MR) is 143 cm³/mol. The highest BCUT2D eigenvalue weighted by molar-refractivity contribution is 6.34. The summed E-state index contributed by atoms with van der Waals surface area (Å²) < 4.78 is 40.8. The number of nitrogens with zero attached hydrogens (tertiary/aromatic N) is 7. The van der Waals surface area contributed by atoms with Gasteiger partial charge in [-0.2, -0.15) is 10.2 Å². The molecule has 2 fully saturated rings. The number of fused-ring (bicyclic) bond motifs is 1. The van der Waals surface area contributed by atoms with Crippen LogP contribution in [0.4, 0.5) is 8.78 Å². The average Bonchev–Trinajstić information content (AvgIpc) is 3.27. The third-order valence-corrected chi connectivity index (χ3v) is 7.37. The van der Waals surface area contributed by atoms with E-state index in [0.717, 1.165) is 18.9 Å². The number of halogens is 3. The second kappa shape index (κ2) is 11.6. The first-order chi connectivity index (χ1) is 19.2. The topological polar surface area (TPSA) is 134 Å². The third-order valence-electron chi connectivity index (χ3n) is 7.09. The van der Waals surface area contributed by atoms with Crippen LogP contribution in [-0.4, -0.2) is 80.9 Å². The molecule has 2 aliphatic rings. The van der Waals surface area contributed by atoms with E-state index >= 15 is 0 Å². The maximum atomic E-state index is 14.9. The molecule has 0 spiro atoms. The number of alkyl halides is 1. The summed E-state index contributed by atoms with van der Waals surface area (Å²) >= 11 is 6.35. The van der Waals surface area contributed by atoms with Crippen molar-refractivity contribution in [1.29, 1.82) is 5.53 Å². The molecular formula is C26H29ClF2N8O3. The first-order valence-electron chi connectivity index (χ1n) is 12.7. The van der Waals surface area contributed by atoms with Crippen LogP contribution in [0.1, 0.15) is 31.7 Å². The van der Waals surface area contributed by atoms with Crippen molar-refractivity contribution in [3.8, 4) is 5.75 Å². The molecule has 2 N–H and O–H groups in total. The van der Waals surface area contributed by atoms with Crippen LogP contribution < -0.4 is 4.74 Å². The number of hydrogen-bond donors (Lipinski definition) is 2. The van der Waals surface area contributed by atoms with Crippen LogP contribution in [0.2, 0.25) is 5.02 Å². The molecule has 0 aromatic carbocycles. The van der Waals surface area contributed by atoms with Gasteiger partial charge in [-0.15, -0.1) is 0 Å². The fourth-order valence-electron chi connectivity index (χ4n) is 4.66. The highest BCUT2D eigenvalue weighted by atomic mass is 35.5. The Balaban J connectivity index is 1.38. The SMILES string of the molecule is CC(/N=C\C1CCN(C2COC2)C[C@@H]1F)=C(/N=N)c1cc(OC[C@@](C)(O)c2ncc(F)cn2)c2c(Cl)cnn2c1. The molecule has 0 radical (unpaired) electrons.